The van der Waals surface area contributed by atoms with Crippen LogP contribution in [0.15, 0.2) is 135 Å². The van der Waals surface area contributed by atoms with Gasteiger partial charge in [0.1, 0.15) is 26.9 Å². The minimum Gasteiger partial charge on any atom is -0.507 e. The Balaban J connectivity index is 0.000000642. The number of phenolic OH excluding ortho intramolecular Hbond substituents is 2. The van der Waals surface area contributed by atoms with Crippen molar-refractivity contribution in [2.75, 3.05) is 25.7 Å². The van der Waals surface area contributed by atoms with E-state index >= 15 is 0 Å². The molecule has 0 spiro atoms. The maximum absolute atomic E-state index is 12.4. The molecule has 0 bridgehead atoms. The Labute approximate surface area is 443 Å². The van der Waals surface area contributed by atoms with E-state index in [1.165, 1.54) is 48.5 Å². The van der Waals surface area contributed by atoms with Crippen molar-refractivity contribution in [1.82, 2.24) is 0 Å². The molecule has 6 aromatic rings. The van der Waals surface area contributed by atoms with Crippen LogP contribution in [0, 0.1) is 0 Å². The summed E-state index contributed by atoms with van der Waals surface area (Å²) in [6, 6.07) is 15.5. The van der Waals surface area contributed by atoms with E-state index in [-0.39, 0.29) is 134 Å². The van der Waals surface area contributed by atoms with Crippen LogP contribution in [0.2, 0.25) is 0 Å². The monoisotopic (exact) mass is 1210 g/mol. The van der Waals surface area contributed by atoms with Crippen LogP contribution in [0.25, 0.3) is 21.5 Å². The van der Waals surface area contributed by atoms with Gasteiger partial charge in [-0.2, -0.15) is 43.9 Å². The molecule has 0 aliphatic heterocycles. The van der Waals surface area contributed by atoms with Crippen molar-refractivity contribution in [2.24, 2.45) is 20.5 Å². The molecule has 0 saturated heterocycles. The molecule has 0 fully saturated rings. The number of nitrogens with two attached hydrogens (primary N) is 2. The molecular weight excluding hydrogens is 1170 g/mol. The van der Waals surface area contributed by atoms with Gasteiger partial charge in [-0.15, -0.1) is 10.2 Å². The SMILES string of the molecule is C.C.COS(=O)(=O)c1cc2cc(S(=O)(=O)O)cc(N)c2c(O)c1N=Nc1ccc([S-](=O)=O)cc1.COS(=O)(=O)c1cc2cc(S(=O)(=O)O)cc(O)c2c(N)c1N=Nc1ccc([S-](=O)=O)cc1.[Y].[Y]. The zero-order chi connectivity index (χ0) is 47.7. The normalized spacial score (nSPS) is 12.0. The van der Waals surface area contributed by atoms with E-state index in [1.54, 1.807) is 0 Å². The maximum Gasteiger partial charge on any atom is 0.299 e. The van der Waals surface area contributed by atoms with Crippen LogP contribution in [-0.4, -0.2) is 67.2 Å². The molecule has 68 heavy (non-hydrogen) atoms. The molecule has 24 nitrogen and oxygen atoms in total. The average molecular weight is 1210 g/mol. The van der Waals surface area contributed by atoms with Crippen molar-refractivity contribution in [3.05, 3.63) is 84.9 Å². The van der Waals surface area contributed by atoms with Crippen molar-refractivity contribution in [1.29, 1.82) is 0 Å². The van der Waals surface area contributed by atoms with Gasteiger partial charge in [-0.3, -0.25) is 17.5 Å². The van der Waals surface area contributed by atoms with Crippen molar-refractivity contribution >= 4 is 118 Å². The van der Waals surface area contributed by atoms with Crippen LogP contribution in [0.1, 0.15) is 14.9 Å². The fourth-order valence-electron chi connectivity index (χ4n) is 5.50. The van der Waals surface area contributed by atoms with Crippen molar-refractivity contribution in [3.63, 3.8) is 0 Å². The predicted molar refractivity (Wildman–Crippen MR) is 237 cm³/mol. The summed E-state index contributed by atoms with van der Waals surface area (Å²) in [5, 5.41) is 35.7. The molecule has 0 aliphatic carbocycles. The molecule has 0 atom stereocenters. The third-order valence-electron chi connectivity index (χ3n) is 8.48. The Hall–Kier alpha value is -4.01. The number of nitrogen functional groups attached to an aromatic ring is 2. The van der Waals surface area contributed by atoms with E-state index < -0.39 is 104 Å². The molecule has 0 saturated carbocycles. The summed E-state index contributed by atoms with van der Waals surface area (Å²) in [6.07, 6.45) is 0. The van der Waals surface area contributed by atoms with E-state index in [9.17, 15) is 69.8 Å². The zero-order valence-electron chi connectivity index (χ0n) is 33.1. The van der Waals surface area contributed by atoms with Gasteiger partial charge < -0.3 is 38.5 Å². The predicted octanol–water partition coefficient (Wildman–Crippen LogP) is 6.85. The van der Waals surface area contributed by atoms with E-state index in [0.717, 1.165) is 50.6 Å². The van der Waals surface area contributed by atoms with Gasteiger partial charge in [0.25, 0.3) is 40.5 Å². The first kappa shape index (κ1) is 62.0. The van der Waals surface area contributed by atoms with Crippen molar-refractivity contribution in [3.8, 4) is 11.5 Å². The first-order valence-electron chi connectivity index (χ1n) is 16.7. The number of rotatable bonds is 12. The Morgan fingerprint density at radius 3 is 1.28 bits per heavy atom. The fourth-order valence-corrected chi connectivity index (χ4v) is 8.97. The molecule has 0 aromatic heterocycles. The van der Waals surface area contributed by atoms with Gasteiger partial charge in [0.15, 0.2) is 5.75 Å². The molecule has 0 unspecified atom stereocenters. The average Bonchev–Trinajstić information content (AvgIpc) is 3.22. The third kappa shape index (κ3) is 14.1. The number of hydrogen-bond acceptors (Lipinski definition) is 24. The first-order valence-corrected chi connectivity index (χ1v) is 24.5. The van der Waals surface area contributed by atoms with Crippen LogP contribution in [0.3, 0.4) is 0 Å². The minimum absolute atomic E-state index is 0. The fraction of sp³-hybridized carbons (Fsp3) is 0.111. The Morgan fingerprint density at radius 1 is 0.529 bits per heavy atom. The number of hydrogen-bond donors (Lipinski definition) is 6. The Bertz CT molecular complexity index is 3320. The van der Waals surface area contributed by atoms with Crippen LogP contribution in [-0.2, 0) is 153 Å². The second-order valence-electron chi connectivity index (χ2n) is 12.4. The number of azo groups is 2. The minimum atomic E-state index is -4.72. The molecule has 32 heteroatoms. The number of phenols is 2. The second-order valence-corrected chi connectivity index (χ2v) is 20.5. The van der Waals surface area contributed by atoms with E-state index in [4.69, 9.17) is 11.5 Å². The van der Waals surface area contributed by atoms with Crippen LogP contribution in [0.4, 0.5) is 34.1 Å². The summed E-state index contributed by atoms with van der Waals surface area (Å²) in [5.41, 5.74) is 10.5. The van der Waals surface area contributed by atoms with Gasteiger partial charge in [-0.1, -0.05) is 48.9 Å². The number of anilines is 2. The summed E-state index contributed by atoms with van der Waals surface area (Å²) in [7, 11) is -21.5. The maximum atomic E-state index is 12.4. The molecule has 362 valence electrons. The molecule has 8 N–H and O–H groups in total. The molecule has 0 heterocycles. The molecule has 6 rings (SSSR count). The third-order valence-corrected chi connectivity index (χ3v) is 14.0. The Kier molecular flexibility index (Phi) is 22.1. The van der Waals surface area contributed by atoms with Gasteiger partial charge in [0, 0.05) is 87.9 Å². The molecule has 2 radical (unpaired) electrons. The number of benzene rings is 6. The summed E-state index contributed by atoms with van der Waals surface area (Å²) in [5.74, 6) is -1.40. The van der Waals surface area contributed by atoms with Crippen molar-refractivity contribution < 1.29 is 144 Å². The number of aromatic hydroxyl groups is 2. The largest absolute Gasteiger partial charge is 0.507 e. The number of nitrogens with zero attached hydrogens (tertiary/aromatic N) is 4. The van der Waals surface area contributed by atoms with Gasteiger partial charge in [0.05, 0.1) is 41.1 Å². The summed E-state index contributed by atoms with van der Waals surface area (Å²) >= 11 is 0. The summed E-state index contributed by atoms with van der Waals surface area (Å²) < 4.78 is 167. The second kappa shape index (κ2) is 24.2. The first-order chi connectivity index (χ1) is 29.7. The Morgan fingerprint density at radius 2 is 0.897 bits per heavy atom. The molecule has 0 amide bonds. The van der Waals surface area contributed by atoms with Crippen LogP contribution < -0.4 is 11.5 Å². The van der Waals surface area contributed by atoms with Crippen molar-refractivity contribution in [2.45, 2.75) is 44.2 Å². The van der Waals surface area contributed by atoms with E-state index in [2.05, 4.69) is 28.8 Å². The summed E-state index contributed by atoms with van der Waals surface area (Å²) in [4.78, 5) is -2.56. The molecular formula is C36H36N6O18S6Y2-2. The number of fused-ring (bicyclic) bond motifs is 2. The van der Waals surface area contributed by atoms with Gasteiger partial charge in [-0.05, 0) is 86.8 Å². The quantitative estimate of drug-likeness (QED) is 0.0240. The standard InChI is InChI=1S/2C17H14N3O9S3.2CH4.2Y/c1-29-32(27,28)14-7-9-6-12(31(24,25)26)8-13(21)15(9)16(18)17(14)20-19-10-2-4-11(5-3-10)30(22)23;1-29-32(27,28)14-7-9-6-12(31(24,25)26)8-13(18)15(9)17(21)16(14)20-19-10-2-4-11(5-3-10)30(22)23;;;;/h2*2-8,21H,18H2,1H3,(H,24,25,26);2*1H4;;/q2*-1;;;;. The van der Waals surface area contributed by atoms with Gasteiger partial charge in [0.2, 0.25) is 0 Å². The smallest absolute Gasteiger partial charge is 0.299 e. The van der Waals surface area contributed by atoms with Crippen LogP contribution in [0.5, 0.6) is 11.5 Å². The molecule has 0 aliphatic rings. The topological polar surface area (TPSA) is 406 Å². The molecule has 6 aromatic carbocycles. The van der Waals surface area contributed by atoms with E-state index in [0.29, 0.717) is 0 Å². The summed E-state index contributed by atoms with van der Waals surface area (Å²) in [6.45, 7) is 0. The van der Waals surface area contributed by atoms with Gasteiger partial charge >= 0.3 is 0 Å². The zero-order valence-corrected chi connectivity index (χ0v) is 43.7. The van der Waals surface area contributed by atoms with Crippen LogP contribution >= 0.6 is 0 Å². The van der Waals surface area contributed by atoms with Gasteiger partial charge in [-0.25, -0.2) is 0 Å². The van der Waals surface area contributed by atoms with E-state index in [1.807, 2.05) is 0 Å².